The van der Waals surface area contributed by atoms with Crippen LogP contribution < -0.4 is 9.62 Å². The summed E-state index contributed by atoms with van der Waals surface area (Å²) in [6, 6.07) is 12.6. The predicted molar refractivity (Wildman–Crippen MR) is 107 cm³/mol. The Morgan fingerprint density at radius 2 is 1.64 bits per heavy atom. The highest BCUT2D eigenvalue weighted by Gasteiger charge is 2.28. The minimum atomic E-state index is -4.04. The maximum Gasteiger partial charge on any atom is 0.269 e. The van der Waals surface area contributed by atoms with Crippen molar-refractivity contribution in [2.45, 2.75) is 31.7 Å². The van der Waals surface area contributed by atoms with Gasteiger partial charge < -0.3 is 5.32 Å². The monoisotopic (exact) mass is 405 g/mol. The lowest BCUT2D eigenvalue weighted by molar-refractivity contribution is -0.384. The van der Waals surface area contributed by atoms with E-state index in [9.17, 15) is 23.3 Å². The fourth-order valence-corrected chi connectivity index (χ4v) is 3.81. The molecule has 0 aliphatic heterocycles. The van der Waals surface area contributed by atoms with Crippen LogP contribution in [0.4, 0.5) is 11.4 Å². The average molecular weight is 405 g/mol. The van der Waals surface area contributed by atoms with E-state index < -0.39 is 27.4 Å². The number of benzene rings is 2. The second-order valence-electron chi connectivity index (χ2n) is 6.70. The second-order valence-corrected chi connectivity index (χ2v) is 8.56. The molecule has 0 aliphatic rings. The van der Waals surface area contributed by atoms with Gasteiger partial charge in [0.15, 0.2) is 0 Å². The summed E-state index contributed by atoms with van der Waals surface area (Å²) in [6.07, 6.45) is 0. The van der Waals surface area contributed by atoms with E-state index in [0.717, 1.165) is 4.31 Å². The molecule has 0 saturated heterocycles. The Morgan fingerprint density at radius 1 is 1.07 bits per heavy atom. The molecule has 0 unspecified atom stereocenters. The lowest BCUT2D eigenvalue weighted by Gasteiger charge is -2.25. The number of carbonyl (C=O) groups is 1. The topological polar surface area (TPSA) is 110 Å². The third kappa shape index (κ3) is 5.07. The van der Waals surface area contributed by atoms with Gasteiger partial charge in [0, 0.05) is 18.2 Å². The molecule has 0 aliphatic carbocycles. The molecule has 2 rings (SSSR count). The molecule has 1 amide bonds. The maximum absolute atomic E-state index is 13.1. The Balaban J connectivity index is 2.41. The van der Waals surface area contributed by atoms with Crippen LogP contribution in [-0.2, 0) is 14.8 Å². The van der Waals surface area contributed by atoms with Crippen molar-refractivity contribution in [1.82, 2.24) is 5.32 Å². The normalized spacial score (nSPS) is 12.4. The summed E-state index contributed by atoms with van der Waals surface area (Å²) < 4.78 is 27.2. The lowest BCUT2D eigenvalue weighted by atomic mass is 10.1. The molecule has 0 bridgehead atoms. The first-order valence-electron chi connectivity index (χ1n) is 8.74. The number of non-ortho nitro benzene ring substituents is 1. The highest BCUT2D eigenvalue weighted by molar-refractivity contribution is 7.92. The zero-order valence-corrected chi connectivity index (χ0v) is 16.7. The molecular weight excluding hydrogens is 382 g/mol. The molecule has 150 valence electrons. The van der Waals surface area contributed by atoms with Gasteiger partial charge in [-0.3, -0.25) is 19.2 Å². The number of hydrogen-bond acceptors (Lipinski definition) is 5. The van der Waals surface area contributed by atoms with Crippen LogP contribution in [0.3, 0.4) is 0 Å². The summed E-state index contributed by atoms with van der Waals surface area (Å²) in [5.74, 6) is -0.276. The van der Waals surface area contributed by atoms with Gasteiger partial charge in [-0.1, -0.05) is 32.0 Å². The maximum atomic E-state index is 13.1. The number of nitrogens with zero attached hydrogens (tertiary/aromatic N) is 2. The van der Waals surface area contributed by atoms with Gasteiger partial charge in [0.05, 0.1) is 15.5 Å². The van der Waals surface area contributed by atoms with Gasteiger partial charge in [-0.2, -0.15) is 0 Å². The van der Waals surface area contributed by atoms with Crippen LogP contribution in [0.1, 0.15) is 20.8 Å². The quantitative estimate of drug-likeness (QED) is 0.536. The van der Waals surface area contributed by atoms with Gasteiger partial charge in [-0.05, 0) is 37.1 Å². The van der Waals surface area contributed by atoms with Gasteiger partial charge in [-0.25, -0.2) is 8.42 Å². The summed E-state index contributed by atoms with van der Waals surface area (Å²) in [5.41, 5.74) is 0.000457. The average Bonchev–Trinajstić information content (AvgIpc) is 2.66. The summed E-state index contributed by atoms with van der Waals surface area (Å²) in [7, 11) is -4.04. The largest absolute Gasteiger partial charge is 0.352 e. The highest BCUT2D eigenvalue weighted by atomic mass is 32.2. The standard InChI is InChI=1S/C19H23N3O5S/c1-14(2)15(3)20-19(23)13-21(16-9-11-17(12-10-16)22(24)25)28(26,27)18-7-5-4-6-8-18/h4-12,14-15H,13H2,1-3H3,(H,20,23)/t15-/m0/s1. The summed E-state index contributed by atoms with van der Waals surface area (Å²) >= 11 is 0. The van der Waals surface area contributed by atoms with Crippen LogP contribution in [0.15, 0.2) is 59.5 Å². The van der Waals surface area contributed by atoms with Gasteiger partial charge >= 0.3 is 0 Å². The molecule has 8 nitrogen and oxygen atoms in total. The fraction of sp³-hybridized carbons (Fsp3) is 0.316. The Labute approximate surface area is 164 Å². The molecule has 0 spiro atoms. The van der Waals surface area contributed by atoms with E-state index in [1.165, 1.54) is 36.4 Å². The van der Waals surface area contributed by atoms with Gasteiger partial charge in [0.2, 0.25) is 5.91 Å². The molecule has 2 aromatic rings. The van der Waals surface area contributed by atoms with Crippen LogP contribution in [0, 0.1) is 16.0 Å². The van der Waals surface area contributed by atoms with E-state index in [1.807, 2.05) is 20.8 Å². The Kier molecular flexibility index (Phi) is 6.74. The van der Waals surface area contributed by atoms with Crippen molar-refractivity contribution in [3.05, 3.63) is 64.7 Å². The van der Waals surface area contributed by atoms with Crippen LogP contribution in [0.5, 0.6) is 0 Å². The molecule has 9 heteroatoms. The van der Waals surface area contributed by atoms with E-state index in [1.54, 1.807) is 18.2 Å². The van der Waals surface area contributed by atoms with Crippen molar-refractivity contribution in [2.24, 2.45) is 5.92 Å². The number of carbonyl (C=O) groups excluding carboxylic acids is 1. The van der Waals surface area contributed by atoms with Crippen LogP contribution >= 0.6 is 0 Å². The predicted octanol–water partition coefficient (Wildman–Crippen LogP) is 2.95. The van der Waals surface area contributed by atoms with Crippen LogP contribution in [0.25, 0.3) is 0 Å². The minimum Gasteiger partial charge on any atom is -0.352 e. The summed E-state index contributed by atoms with van der Waals surface area (Å²) in [4.78, 5) is 22.8. The van der Waals surface area contributed by atoms with Crippen molar-refractivity contribution in [3.8, 4) is 0 Å². The Bertz CT molecular complexity index is 928. The van der Waals surface area contributed by atoms with Crippen molar-refractivity contribution < 1.29 is 18.1 Å². The molecular formula is C19H23N3O5S. The SMILES string of the molecule is CC(C)[C@H](C)NC(=O)CN(c1ccc([N+](=O)[O-])cc1)S(=O)(=O)c1ccccc1. The number of anilines is 1. The first kappa shape index (κ1) is 21.4. The zero-order chi connectivity index (χ0) is 20.9. The molecule has 2 aromatic carbocycles. The first-order valence-corrected chi connectivity index (χ1v) is 10.2. The first-order chi connectivity index (χ1) is 13.1. The number of amides is 1. The molecule has 28 heavy (non-hydrogen) atoms. The number of nitrogens with one attached hydrogen (secondary N) is 1. The van der Waals surface area contributed by atoms with Gasteiger partial charge in [0.25, 0.3) is 15.7 Å². The summed E-state index contributed by atoms with van der Waals surface area (Å²) in [5, 5.41) is 13.7. The summed E-state index contributed by atoms with van der Waals surface area (Å²) in [6.45, 7) is 5.29. The number of hydrogen-bond donors (Lipinski definition) is 1. The molecule has 0 saturated carbocycles. The second kappa shape index (κ2) is 8.83. The van der Waals surface area contributed by atoms with E-state index in [2.05, 4.69) is 5.32 Å². The van der Waals surface area contributed by atoms with Crippen LogP contribution in [-0.4, -0.2) is 31.8 Å². The van der Waals surface area contributed by atoms with Gasteiger partial charge in [-0.15, -0.1) is 0 Å². The van der Waals surface area contributed by atoms with E-state index in [0.29, 0.717) is 0 Å². The van der Waals surface area contributed by atoms with Crippen molar-refractivity contribution in [1.29, 1.82) is 0 Å². The van der Waals surface area contributed by atoms with Crippen molar-refractivity contribution >= 4 is 27.3 Å². The third-order valence-corrected chi connectivity index (χ3v) is 6.14. The van der Waals surface area contributed by atoms with Crippen molar-refractivity contribution in [2.75, 3.05) is 10.8 Å². The van der Waals surface area contributed by atoms with E-state index >= 15 is 0 Å². The third-order valence-electron chi connectivity index (χ3n) is 4.36. The Hall–Kier alpha value is -2.94. The number of sulfonamides is 1. The van der Waals surface area contributed by atoms with E-state index in [-0.39, 0.29) is 28.2 Å². The highest BCUT2D eigenvalue weighted by Crippen LogP contribution is 2.25. The molecule has 0 aromatic heterocycles. The molecule has 1 atom stereocenters. The minimum absolute atomic E-state index is 0.0260. The van der Waals surface area contributed by atoms with Crippen LogP contribution in [0.2, 0.25) is 0 Å². The number of nitro benzene ring substituents is 1. The molecule has 0 fully saturated rings. The smallest absolute Gasteiger partial charge is 0.269 e. The van der Waals surface area contributed by atoms with Gasteiger partial charge in [0.1, 0.15) is 6.54 Å². The molecule has 0 radical (unpaired) electrons. The van der Waals surface area contributed by atoms with E-state index in [4.69, 9.17) is 0 Å². The molecule has 1 N–H and O–H groups in total. The zero-order valence-electron chi connectivity index (χ0n) is 15.9. The number of nitro groups is 1. The fourth-order valence-electron chi connectivity index (χ4n) is 2.37. The van der Waals surface area contributed by atoms with Crippen molar-refractivity contribution in [3.63, 3.8) is 0 Å². The number of rotatable bonds is 8. The molecule has 0 heterocycles. The Morgan fingerprint density at radius 3 is 2.14 bits per heavy atom. The lowest BCUT2D eigenvalue weighted by Crippen LogP contribution is -2.45.